The molecule has 0 radical (unpaired) electrons. The van der Waals surface area contributed by atoms with Crippen molar-refractivity contribution >= 4 is 22.5 Å². The van der Waals surface area contributed by atoms with Crippen molar-refractivity contribution in [3.63, 3.8) is 0 Å². The molecule has 1 fully saturated rings. The maximum Gasteiger partial charge on any atom is 0.257 e. The van der Waals surface area contributed by atoms with Crippen LogP contribution in [0.1, 0.15) is 10.4 Å². The topological polar surface area (TPSA) is 67.2 Å². The van der Waals surface area contributed by atoms with Crippen LogP contribution in [-0.2, 0) is 7.05 Å². The van der Waals surface area contributed by atoms with Crippen LogP contribution in [0.2, 0.25) is 0 Å². The molecule has 122 valence electrons. The van der Waals surface area contributed by atoms with E-state index in [0.29, 0.717) is 18.7 Å². The molecular weight excluding hydrogens is 304 g/mol. The molecule has 7 nitrogen and oxygen atoms in total. The van der Waals surface area contributed by atoms with Crippen molar-refractivity contribution in [2.75, 3.05) is 31.1 Å². The van der Waals surface area contributed by atoms with Gasteiger partial charge in [-0.1, -0.05) is 24.3 Å². The molecule has 0 spiro atoms. The van der Waals surface area contributed by atoms with Crippen LogP contribution in [0.15, 0.2) is 42.9 Å². The highest BCUT2D eigenvalue weighted by atomic mass is 16.2. The third-order valence-corrected chi connectivity index (χ3v) is 4.37. The molecule has 0 aliphatic carbocycles. The fraction of sp³-hybridized carbons (Fsp3) is 0.294. The summed E-state index contributed by atoms with van der Waals surface area (Å²) >= 11 is 0. The van der Waals surface area contributed by atoms with Gasteiger partial charge in [0.15, 0.2) is 5.82 Å². The first-order chi connectivity index (χ1) is 11.7. The molecule has 1 aliphatic heterocycles. The lowest BCUT2D eigenvalue weighted by Crippen LogP contribution is -2.49. The Morgan fingerprint density at radius 3 is 2.62 bits per heavy atom. The molecule has 0 atom stereocenters. The Kier molecular flexibility index (Phi) is 3.60. The standard InChI is InChI=1S/C17H18N6O/c1-21-12-14(11-19-21)17(24)23-8-6-22(7-9-23)16-15-5-3-2-4-13(15)10-18-20-16/h2-5,10-12H,6-9H2,1H3. The van der Waals surface area contributed by atoms with Gasteiger partial charge in [-0.3, -0.25) is 9.48 Å². The summed E-state index contributed by atoms with van der Waals surface area (Å²) in [5, 5.41) is 14.7. The number of hydrogen-bond acceptors (Lipinski definition) is 5. The average molecular weight is 322 g/mol. The van der Waals surface area contributed by atoms with Crippen LogP contribution in [0, 0.1) is 0 Å². The van der Waals surface area contributed by atoms with Gasteiger partial charge < -0.3 is 9.80 Å². The number of anilines is 1. The maximum atomic E-state index is 12.5. The van der Waals surface area contributed by atoms with Crippen LogP contribution in [0.25, 0.3) is 10.8 Å². The first kappa shape index (κ1) is 14.6. The fourth-order valence-corrected chi connectivity index (χ4v) is 3.08. The summed E-state index contributed by atoms with van der Waals surface area (Å²) in [6.45, 7) is 2.82. The molecule has 7 heteroatoms. The van der Waals surface area contributed by atoms with E-state index in [1.165, 1.54) is 0 Å². The predicted octanol–water partition coefficient (Wildman–Crippen LogP) is 1.33. The van der Waals surface area contributed by atoms with Crippen molar-refractivity contribution in [1.82, 2.24) is 24.9 Å². The second-order valence-electron chi connectivity index (χ2n) is 5.94. The molecule has 1 aliphatic rings. The van der Waals surface area contributed by atoms with Crippen LogP contribution in [0.4, 0.5) is 5.82 Å². The maximum absolute atomic E-state index is 12.5. The molecule has 1 amide bonds. The molecule has 24 heavy (non-hydrogen) atoms. The second-order valence-corrected chi connectivity index (χ2v) is 5.94. The molecule has 3 aromatic rings. The van der Waals surface area contributed by atoms with Gasteiger partial charge in [0.25, 0.3) is 5.91 Å². The summed E-state index contributed by atoms with van der Waals surface area (Å²) in [6, 6.07) is 8.11. The van der Waals surface area contributed by atoms with Gasteiger partial charge in [-0.2, -0.15) is 10.2 Å². The summed E-state index contributed by atoms with van der Waals surface area (Å²) in [4.78, 5) is 16.6. The van der Waals surface area contributed by atoms with Crippen LogP contribution in [0.5, 0.6) is 0 Å². The lowest BCUT2D eigenvalue weighted by Gasteiger charge is -2.35. The highest BCUT2D eigenvalue weighted by molar-refractivity contribution is 5.94. The smallest absolute Gasteiger partial charge is 0.257 e. The van der Waals surface area contributed by atoms with Crippen molar-refractivity contribution in [2.45, 2.75) is 0 Å². The van der Waals surface area contributed by atoms with Crippen LogP contribution >= 0.6 is 0 Å². The van der Waals surface area contributed by atoms with E-state index in [9.17, 15) is 4.79 Å². The van der Waals surface area contributed by atoms with Crippen molar-refractivity contribution in [3.8, 4) is 0 Å². The van der Waals surface area contributed by atoms with Crippen molar-refractivity contribution in [3.05, 3.63) is 48.4 Å². The van der Waals surface area contributed by atoms with E-state index in [1.807, 2.05) is 30.1 Å². The van der Waals surface area contributed by atoms with E-state index >= 15 is 0 Å². The van der Waals surface area contributed by atoms with E-state index in [4.69, 9.17) is 0 Å². The highest BCUT2D eigenvalue weighted by Gasteiger charge is 2.24. The average Bonchev–Trinajstić information content (AvgIpc) is 3.07. The zero-order valence-corrected chi connectivity index (χ0v) is 13.5. The van der Waals surface area contributed by atoms with Gasteiger partial charge in [-0.15, -0.1) is 5.10 Å². The number of nitrogens with zero attached hydrogens (tertiary/aromatic N) is 6. The molecular formula is C17H18N6O. The van der Waals surface area contributed by atoms with Crippen molar-refractivity contribution < 1.29 is 4.79 Å². The minimum Gasteiger partial charge on any atom is -0.351 e. The zero-order valence-electron chi connectivity index (χ0n) is 13.5. The number of carbonyl (C=O) groups is 1. The summed E-state index contributed by atoms with van der Waals surface area (Å²) in [5.41, 5.74) is 0.635. The zero-order chi connectivity index (χ0) is 16.5. The number of aryl methyl sites for hydroxylation is 1. The predicted molar refractivity (Wildman–Crippen MR) is 90.9 cm³/mol. The summed E-state index contributed by atoms with van der Waals surface area (Å²) < 4.78 is 1.65. The third kappa shape index (κ3) is 2.58. The number of rotatable bonds is 2. The van der Waals surface area contributed by atoms with Gasteiger partial charge in [0.05, 0.1) is 18.0 Å². The van der Waals surface area contributed by atoms with Crippen LogP contribution in [0.3, 0.4) is 0 Å². The number of amides is 1. The van der Waals surface area contributed by atoms with Gasteiger partial charge in [-0.25, -0.2) is 0 Å². The largest absolute Gasteiger partial charge is 0.351 e. The number of aromatic nitrogens is 4. The minimum atomic E-state index is 0.0340. The lowest BCUT2D eigenvalue weighted by molar-refractivity contribution is 0.0746. The number of fused-ring (bicyclic) bond motifs is 1. The lowest BCUT2D eigenvalue weighted by atomic mass is 10.1. The highest BCUT2D eigenvalue weighted by Crippen LogP contribution is 2.24. The molecule has 0 bridgehead atoms. The number of piperazine rings is 1. The van der Waals surface area contributed by atoms with E-state index in [0.717, 1.165) is 29.7 Å². The quantitative estimate of drug-likeness (QED) is 0.712. The van der Waals surface area contributed by atoms with Gasteiger partial charge in [0.2, 0.25) is 0 Å². The van der Waals surface area contributed by atoms with E-state index in [2.05, 4.69) is 26.3 Å². The molecule has 2 aromatic heterocycles. The molecule has 1 aromatic carbocycles. The van der Waals surface area contributed by atoms with E-state index in [1.54, 1.807) is 23.3 Å². The molecule has 4 rings (SSSR count). The minimum absolute atomic E-state index is 0.0340. The molecule has 0 N–H and O–H groups in total. The van der Waals surface area contributed by atoms with E-state index in [-0.39, 0.29) is 5.91 Å². The fourth-order valence-electron chi connectivity index (χ4n) is 3.08. The van der Waals surface area contributed by atoms with Crippen molar-refractivity contribution in [1.29, 1.82) is 0 Å². The molecule has 0 unspecified atom stereocenters. The Labute approximate surface area is 139 Å². The Balaban J connectivity index is 1.50. The Hall–Kier alpha value is -2.96. The molecule has 1 saturated heterocycles. The van der Waals surface area contributed by atoms with Crippen molar-refractivity contribution in [2.24, 2.45) is 7.05 Å². The van der Waals surface area contributed by atoms with Gasteiger partial charge in [0, 0.05) is 50.2 Å². The van der Waals surface area contributed by atoms with E-state index < -0.39 is 0 Å². The van der Waals surface area contributed by atoms with Crippen LogP contribution < -0.4 is 4.90 Å². The third-order valence-electron chi connectivity index (χ3n) is 4.37. The normalized spacial score (nSPS) is 15.0. The molecule has 3 heterocycles. The Morgan fingerprint density at radius 2 is 1.88 bits per heavy atom. The SMILES string of the molecule is Cn1cc(C(=O)N2CCN(c3nncc4ccccc34)CC2)cn1. The summed E-state index contributed by atoms with van der Waals surface area (Å²) in [7, 11) is 1.81. The summed E-state index contributed by atoms with van der Waals surface area (Å²) in [6.07, 6.45) is 5.15. The Morgan fingerprint density at radius 1 is 1.08 bits per heavy atom. The van der Waals surface area contributed by atoms with Crippen LogP contribution in [-0.4, -0.2) is 57.0 Å². The van der Waals surface area contributed by atoms with Gasteiger partial charge in [0.1, 0.15) is 0 Å². The first-order valence-electron chi connectivity index (χ1n) is 7.96. The summed E-state index contributed by atoms with van der Waals surface area (Å²) in [5.74, 6) is 0.924. The number of carbonyl (C=O) groups excluding carboxylic acids is 1. The number of benzene rings is 1. The first-order valence-corrected chi connectivity index (χ1v) is 7.96. The molecule has 0 saturated carbocycles. The number of hydrogen-bond donors (Lipinski definition) is 0. The Bertz CT molecular complexity index is 876. The van der Waals surface area contributed by atoms with Gasteiger partial charge in [-0.05, 0) is 0 Å². The monoisotopic (exact) mass is 322 g/mol. The second kappa shape index (κ2) is 5.92. The van der Waals surface area contributed by atoms with Gasteiger partial charge >= 0.3 is 0 Å².